The predicted octanol–water partition coefficient (Wildman–Crippen LogP) is 2.93. The van der Waals surface area contributed by atoms with Crippen LogP contribution in [-0.4, -0.2) is 15.0 Å². The molecule has 8 heteroatoms. The number of rotatable bonds is 2. The summed E-state index contributed by atoms with van der Waals surface area (Å²) in [5.74, 6) is 0.610. The number of nitrogen functional groups attached to an aromatic ring is 1. The number of aromatic nitrogens is 3. The molecule has 2 N–H and O–H groups in total. The first-order chi connectivity index (χ1) is 8.88. The second-order valence-corrected chi connectivity index (χ2v) is 4.70. The van der Waals surface area contributed by atoms with Crippen molar-refractivity contribution in [3.8, 4) is 0 Å². The quantitative estimate of drug-likeness (QED) is 0.919. The molecule has 0 aromatic carbocycles. The van der Waals surface area contributed by atoms with E-state index < -0.39 is 11.9 Å². The normalized spacial score (nSPS) is 11.6. The van der Waals surface area contributed by atoms with E-state index in [4.69, 9.17) is 5.73 Å². The predicted molar refractivity (Wildman–Crippen MR) is 64.5 cm³/mol. The number of anilines is 1. The van der Waals surface area contributed by atoms with Crippen LogP contribution >= 0.6 is 11.8 Å². The topological polar surface area (TPSA) is 64.7 Å². The third kappa shape index (κ3) is 3.14. The minimum Gasteiger partial charge on any atom is -0.383 e. The van der Waals surface area contributed by atoms with Gasteiger partial charge in [-0.25, -0.2) is 9.97 Å². The zero-order chi connectivity index (χ0) is 14.0. The van der Waals surface area contributed by atoms with Crippen molar-refractivity contribution in [1.29, 1.82) is 0 Å². The number of nitrogens with two attached hydrogens (primary N) is 1. The van der Waals surface area contributed by atoms with Crippen molar-refractivity contribution in [2.24, 2.45) is 0 Å². The van der Waals surface area contributed by atoms with E-state index in [1.807, 2.05) is 0 Å². The second kappa shape index (κ2) is 5.04. The van der Waals surface area contributed by atoms with Gasteiger partial charge in [-0.05, 0) is 19.1 Å². The van der Waals surface area contributed by atoms with Gasteiger partial charge >= 0.3 is 6.18 Å². The molecule has 0 fully saturated rings. The smallest absolute Gasteiger partial charge is 0.383 e. The maximum Gasteiger partial charge on any atom is 0.434 e. The van der Waals surface area contributed by atoms with E-state index in [1.54, 1.807) is 6.92 Å². The van der Waals surface area contributed by atoms with Gasteiger partial charge in [-0.15, -0.1) is 0 Å². The molecule has 0 aliphatic carbocycles. The van der Waals surface area contributed by atoms with Crippen molar-refractivity contribution >= 4 is 17.6 Å². The number of pyridine rings is 1. The zero-order valence-corrected chi connectivity index (χ0v) is 10.6. The summed E-state index contributed by atoms with van der Waals surface area (Å²) in [6, 6.07) is 2.77. The molecule has 0 aliphatic rings. The fourth-order valence-electron chi connectivity index (χ4n) is 1.36. The summed E-state index contributed by atoms with van der Waals surface area (Å²) in [7, 11) is 0. The van der Waals surface area contributed by atoms with Crippen LogP contribution < -0.4 is 5.73 Å². The van der Waals surface area contributed by atoms with Crippen LogP contribution in [0.5, 0.6) is 0 Å². The Hall–Kier alpha value is -1.83. The van der Waals surface area contributed by atoms with Crippen molar-refractivity contribution in [1.82, 2.24) is 15.0 Å². The monoisotopic (exact) mass is 286 g/mol. The highest BCUT2D eigenvalue weighted by atomic mass is 32.2. The Bertz CT molecular complexity index is 601. The minimum atomic E-state index is -4.51. The first-order valence-electron chi connectivity index (χ1n) is 5.17. The first-order valence-corrected chi connectivity index (χ1v) is 5.99. The Labute approximate surface area is 111 Å². The minimum absolute atomic E-state index is 0.0332. The van der Waals surface area contributed by atoms with Crippen LogP contribution in [0.2, 0.25) is 0 Å². The van der Waals surface area contributed by atoms with Crippen LogP contribution in [-0.2, 0) is 6.18 Å². The average molecular weight is 286 g/mol. The number of halogens is 3. The summed E-state index contributed by atoms with van der Waals surface area (Å²) < 4.78 is 38.3. The molecule has 0 bridgehead atoms. The first kappa shape index (κ1) is 13.6. The van der Waals surface area contributed by atoms with Crippen LogP contribution in [0.4, 0.5) is 19.0 Å². The van der Waals surface area contributed by atoms with Gasteiger partial charge < -0.3 is 5.73 Å². The molecule has 0 saturated heterocycles. The summed E-state index contributed by atoms with van der Waals surface area (Å²) in [4.78, 5) is 11.5. The molecule has 2 heterocycles. The molecule has 0 amide bonds. The maximum absolute atomic E-state index is 12.8. The van der Waals surface area contributed by atoms with Crippen molar-refractivity contribution in [2.45, 2.75) is 22.9 Å². The Balaban J connectivity index is 2.39. The van der Waals surface area contributed by atoms with Crippen molar-refractivity contribution in [3.63, 3.8) is 0 Å². The van der Waals surface area contributed by atoms with Crippen molar-refractivity contribution < 1.29 is 13.2 Å². The Morgan fingerprint density at radius 2 is 1.95 bits per heavy atom. The lowest BCUT2D eigenvalue weighted by Gasteiger charge is -2.11. The van der Waals surface area contributed by atoms with Gasteiger partial charge in [-0.1, -0.05) is 11.8 Å². The Morgan fingerprint density at radius 3 is 2.58 bits per heavy atom. The highest BCUT2D eigenvalue weighted by Crippen LogP contribution is 2.38. The number of alkyl halides is 3. The summed E-state index contributed by atoms with van der Waals surface area (Å²) in [5.41, 5.74) is 4.71. The molecule has 0 spiro atoms. The fraction of sp³-hybridized carbons (Fsp3) is 0.182. The van der Waals surface area contributed by atoms with E-state index in [0.717, 1.165) is 18.0 Å². The van der Waals surface area contributed by atoms with Crippen LogP contribution in [0.3, 0.4) is 0 Å². The van der Waals surface area contributed by atoms with Gasteiger partial charge in [0.1, 0.15) is 11.6 Å². The zero-order valence-electron chi connectivity index (χ0n) is 9.77. The van der Waals surface area contributed by atoms with E-state index in [-0.39, 0.29) is 10.7 Å². The molecule has 0 atom stereocenters. The molecule has 19 heavy (non-hydrogen) atoms. The molecular weight excluding hydrogens is 277 g/mol. The van der Waals surface area contributed by atoms with Crippen LogP contribution in [0.25, 0.3) is 0 Å². The summed E-state index contributed by atoms with van der Waals surface area (Å²) >= 11 is 0.844. The standard InChI is InChI=1S/C11H9F3N4S/c1-6-17-5-8(10(15)18-6)19-7-3-2-4-16-9(7)11(12,13)14/h2-5H,1H3,(H2,15,17,18). The molecule has 2 rings (SSSR count). The van der Waals surface area contributed by atoms with Gasteiger partial charge in [0.25, 0.3) is 0 Å². The van der Waals surface area contributed by atoms with Gasteiger partial charge in [0.2, 0.25) is 0 Å². The van der Waals surface area contributed by atoms with E-state index in [9.17, 15) is 13.2 Å². The average Bonchev–Trinajstić information content (AvgIpc) is 2.32. The lowest BCUT2D eigenvalue weighted by atomic mass is 10.3. The van der Waals surface area contributed by atoms with Crippen LogP contribution in [0, 0.1) is 6.92 Å². The second-order valence-electron chi connectivity index (χ2n) is 3.62. The molecule has 2 aromatic rings. The maximum atomic E-state index is 12.8. The van der Waals surface area contributed by atoms with Gasteiger partial charge in [0.05, 0.1) is 4.90 Å². The molecule has 2 aromatic heterocycles. The van der Waals surface area contributed by atoms with Gasteiger partial charge in [0, 0.05) is 17.3 Å². The summed E-state index contributed by atoms with van der Waals surface area (Å²) in [6.45, 7) is 1.65. The number of aryl methyl sites for hydroxylation is 1. The van der Waals surface area contributed by atoms with Crippen LogP contribution in [0.1, 0.15) is 11.5 Å². The van der Waals surface area contributed by atoms with Crippen molar-refractivity contribution in [2.75, 3.05) is 5.73 Å². The number of nitrogens with zero attached hydrogens (tertiary/aromatic N) is 3. The van der Waals surface area contributed by atoms with E-state index >= 15 is 0 Å². The molecule has 0 unspecified atom stereocenters. The van der Waals surface area contributed by atoms with Crippen molar-refractivity contribution in [3.05, 3.63) is 36.0 Å². The Morgan fingerprint density at radius 1 is 1.21 bits per heavy atom. The van der Waals surface area contributed by atoms with Gasteiger partial charge in [-0.3, -0.25) is 4.98 Å². The SMILES string of the molecule is Cc1ncc(Sc2cccnc2C(F)(F)F)c(N)n1. The molecule has 0 saturated carbocycles. The molecule has 4 nitrogen and oxygen atoms in total. The highest BCUT2D eigenvalue weighted by molar-refractivity contribution is 7.99. The molecule has 0 aliphatic heterocycles. The summed E-state index contributed by atoms with van der Waals surface area (Å²) in [5, 5.41) is 0. The molecular formula is C11H9F3N4S. The molecule has 100 valence electrons. The third-order valence-electron chi connectivity index (χ3n) is 2.16. The third-order valence-corrected chi connectivity index (χ3v) is 3.25. The number of hydrogen-bond acceptors (Lipinski definition) is 5. The highest BCUT2D eigenvalue weighted by Gasteiger charge is 2.35. The fourth-order valence-corrected chi connectivity index (χ4v) is 2.26. The van der Waals surface area contributed by atoms with E-state index in [2.05, 4.69) is 15.0 Å². The Kier molecular flexibility index (Phi) is 3.61. The largest absolute Gasteiger partial charge is 0.434 e. The van der Waals surface area contributed by atoms with Gasteiger partial charge in [0.15, 0.2) is 5.69 Å². The lowest BCUT2D eigenvalue weighted by Crippen LogP contribution is -2.09. The van der Waals surface area contributed by atoms with Crippen LogP contribution in [0.15, 0.2) is 34.3 Å². The molecule has 0 radical (unpaired) electrons. The van der Waals surface area contributed by atoms with E-state index in [1.165, 1.54) is 18.3 Å². The van der Waals surface area contributed by atoms with Gasteiger partial charge in [-0.2, -0.15) is 13.2 Å². The van der Waals surface area contributed by atoms with E-state index in [0.29, 0.717) is 10.7 Å². The summed E-state index contributed by atoms with van der Waals surface area (Å²) in [6.07, 6.45) is -2.01. The lowest BCUT2D eigenvalue weighted by molar-refractivity contribution is -0.143. The number of hydrogen-bond donors (Lipinski definition) is 1.